The molecule has 0 aliphatic carbocycles. The van der Waals surface area contributed by atoms with Crippen molar-refractivity contribution in [1.29, 1.82) is 0 Å². The van der Waals surface area contributed by atoms with Gasteiger partial charge in [0.1, 0.15) is 10.1 Å². The second-order valence-corrected chi connectivity index (χ2v) is 28.5. The zero-order valence-corrected chi connectivity index (χ0v) is 39.8. The summed E-state index contributed by atoms with van der Waals surface area (Å²) in [6.45, 7) is 27.2. The Hall–Kier alpha value is -2.58. The lowest BCUT2D eigenvalue weighted by Crippen LogP contribution is -2.67. The number of rotatable bonds is 20. The molecule has 0 aromatic heterocycles. The lowest BCUT2D eigenvalue weighted by atomic mass is 9.92. The van der Waals surface area contributed by atoms with Crippen LogP contribution >= 0.6 is 15.9 Å². The van der Waals surface area contributed by atoms with E-state index in [0.29, 0.717) is 13.2 Å². The number of carbonyl (C=O) groups excluding carboxylic acids is 1. The minimum Gasteiger partial charge on any atom is -0.497 e. The maximum atomic E-state index is 12.8. The summed E-state index contributed by atoms with van der Waals surface area (Å²) in [6.07, 6.45) is 2.57. The standard InChI is InChI=1S/C46H69BrO7Si2/c1-14-51-43(49)46(10,47)41(48)31-38(52-33-36-26-29-37(50-11)30-27-36)28-25-34(2)42(54-55(12,13)44(4,5)6)35(3)32-53-56(45(7,8)9,39-21-17-15-18-22-39)40-23-19-16-20-24-40/h15-30,34-35,38,41-42,48H,14,31-33H2,1-13H3/b28-25-/t34-,35-,38+,41-,42-,46+/m0/s1. The van der Waals surface area contributed by atoms with Gasteiger partial charge in [-0.05, 0) is 71.0 Å². The fourth-order valence-electron chi connectivity index (χ4n) is 6.76. The van der Waals surface area contributed by atoms with E-state index in [4.69, 9.17) is 23.1 Å². The van der Waals surface area contributed by atoms with Gasteiger partial charge in [-0.2, -0.15) is 0 Å². The number of aliphatic hydroxyl groups excluding tert-OH is 1. The van der Waals surface area contributed by atoms with Crippen LogP contribution in [0.1, 0.15) is 81.2 Å². The molecule has 3 rings (SSSR count). The Morgan fingerprint density at radius 2 is 1.36 bits per heavy atom. The number of hydrogen-bond acceptors (Lipinski definition) is 7. The molecule has 7 nitrogen and oxygen atoms in total. The van der Waals surface area contributed by atoms with Gasteiger partial charge in [-0.25, -0.2) is 0 Å². The van der Waals surface area contributed by atoms with Crippen LogP contribution in [0.15, 0.2) is 97.1 Å². The molecule has 0 unspecified atom stereocenters. The fourth-order valence-corrected chi connectivity index (χ4v) is 13.2. The largest absolute Gasteiger partial charge is 0.497 e. The molecule has 0 amide bonds. The number of ether oxygens (including phenoxy) is 3. The molecule has 6 atom stereocenters. The lowest BCUT2D eigenvalue weighted by molar-refractivity contribution is -0.148. The summed E-state index contributed by atoms with van der Waals surface area (Å²) in [5.41, 5.74) is 0.965. The summed E-state index contributed by atoms with van der Waals surface area (Å²) in [4.78, 5) is 12.8. The first kappa shape index (κ1) is 47.8. The van der Waals surface area contributed by atoms with Gasteiger partial charge in [-0.1, -0.05) is 156 Å². The summed E-state index contributed by atoms with van der Waals surface area (Å²) in [6, 6.07) is 29.2. The molecule has 56 heavy (non-hydrogen) atoms. The number of methoxy groups -OCH3 is 1. The maximum Gasteiger partial charge on any atom is 0.325 e. The Morgan fingerprint density at radius 3 is 1.82 bits per heavy atom. The van der Waals surface area contributed by atoms with Crippen molar-refractivity contribution in [2.75, 3.05) is 20.3 Å². The zero-order valence-electron chi connectivity index (χ0n) is 36.2. The van der Waals surface area contributed by atoms with E-state index in [9.17, 15) is 9.90 Å². The summed E-state index contributed by atoms with van der Waals surface area (Å²) >= 11 is 3.46. The molecule has 3 aromatic rings. The quantitative estimate of drug-likeness (QED) is 0.0524. The SMILES string of the molecule is CCOC(=O)[C@](C)(Br)[C@@H](O)C[C@@H](/C=C\[C@H](C)[C@H](O[Si](C)(C)C(C)(C)C)[C@@H](C)CO[Si](c1ccccc1)(c1ccccc1)C(C)(C)C)OCc1ccc(OC)cc1. The molecule has 0 heterocycles. The van der Waals surface area contributed by atoms with E-state index in [2.05, 4.69) is 151 Å². The Balaban J connectivity index is 2.01. The highest BCUT2D eigenvalue weighted by molar-refractivity contribution is 9.10. The highest BCUT2D eigenvalue weighted by Crippen LogP contribution is 2.41. The number of carbonyl (C=O) groups is 1. The summed E-state index contributed by atoms with van der Waals surface area (Å²) < 4.78 is 30.6. The number of hydrogen-bond donors (Lipinski definition) is 1. The molecule has 3 aromatic carbocycles. The third-order valence-corrected chi connectivity index (χ3v) is 21.6. The van der Waals surface area contributed by atoms with Crippen LogP contribution in [-0.2, 0) is 29.7 Å². The van der Waals surface area contributed by atoms with E-state index in [1.165, 1.54) is 10.4 Å². The van der Waals surface area contributed by atoms with Crippen LogP contribution in [0.3, 0.4) is 0 Å². The van der Waals surface area contributed by atoms with E-state index in [1.54, 1.807) is 21.0 Å². The van der Waals surface area contributed by atoms with E-state index in [-0.39, 0.29) is 41.0 Å². The van der Waals surface area contributed by atoms with Crippen molar-refractivity contribution >= 4 is 48.9 Å². The Kier molecular flexibility index (Phi) is 17.4. The smallest absolute Gasteiger partial charge is 0.325 e. The van der Waals surface area contributed by atoms with Gasteiger partial charge in [0, 0.05) is 18.9 Å². The Labute approximate surface area is 348 Å². The van der Waals surface area contributed by atoms with Crippen LogP contribution < -0.4 is 15.1 Å². The molecule has 0 aliphatic rings. The van der Waals surface area contributed by atoms with Crippen LogP contribution in [0, 0.1) is 11.8 Å². The van der Waals surface area contributed by atoms with Gasteiger partial charge >= 0.3 is 5.97 Å². The number of aliphatic hydroxyl groups is 1. The molecule has 0 bridgehead atoms. The van der Waals surface area contributed by atoms with E-state index in [1.807, 2.05) is 30.3 Å². The third kappa shape index (κ3) is 12.2. The lowest BCUT2D eigenvalue weighted by Gasteiger charge is -2.45. The highest BCUT2D eigenvalue weighted by Gasteiger charge is 2.51. The molecule has 1 N–H and O–H groups in total. The molecular weight excluding hydrogens is 801 g/mol. The predicted octanol–water partition coefficient (Wildman–Crippen LogP) is 9.84. The minimum atomic E-state index is -2.79. The Bertz CT molecular complexity index is 1610. The van der Waals surface area contributed by atoms with Gasteiger partial charge in [-0.3, -0.25) is 4.79 Å². The first-order chi connectivity index (χ1) is 26.1. The van der Waals surface area contributed by atoms with E-state index < -0.39 is 39.1 Å². The minimum absolute atomic E-state index is 0.00515. The monoisotopic (exact) mass is 868 g/mol. The molecule has 0 aliphatic heterocycles. The molecule has 0 radical (unpaired) electrons. The van der Waals surface area contributed by atoms with Crippen molar-refractivity contribution in [3.63, 3.8) is 0 Å². The van der Waals surface area contributed by atoms with Gasteiger partial charge in [0.25, 0.3) is 8.32 Å². The molecule has 310 valence electrons. The predicted molar refractivity (Wildman–Crippen MR) is 239 cm³/mol. The average Bonchev–Trinajstić information content (AvgIpc) is 3.15. The highest BCUT2D eigenvalue weighted by atomic mass is 79.9. The summed E-state index contributed by atoms with van der Waals surface area (Å²) in [5.74, 6) is 0.243. The average molecular weight is 870 g/mol. The van der Waals surface area contributed by atoms with E-state index in [0.717, 1.165) is 11.3 Å². The van der Waals surface area contributed by atoms with Crippen molar-refractivity contribution in [1.82, 2.24) is 0 Å². The Morgan fingerprint density at radius 1 is 0.821 bits per heavy atom. The van der Waals surface area contributed by atoms with Gasteiger partial charge in [0.2, 0.25) is 0 Å². The number of benzene rings is 3. The van der Waals surface area contributed by atoms with Crippen LogP contribution in [0.4, 0.5) is 0 Å². The van der Waals surface area contributed by atoms with Crippen molar-refractivity contribution in [2.24, 2.45) is 11.8 Å². The van der Waals surface area contributed by atoms with Crippen molar-refractivity contribution in [3.05, 3.63) is 103 Å². The maximum absolute atomic E-state index is 12.8. The van der Waals surface area contributed by atoms with Gasteiger partial charge in [0.05, 0.1) is 38.6 Å². The van der Waals surface area contributed by atoms with Crippen LogP contribution in [0.2, 0.25) is 23.2 Å². The summed E-state index contributed by atoms with van der Waals surface area (Å²) in [5, 5.41) is 13.7. The zero-order chi connectivity index (χ0) is 42.0. The number of alkyl halides is 1. The number of halogens is 1. The molecule has 0 fully saturated rings. The first-order valence-corrected chi connectivity index (χ1v) is 25.6. The second kappa shape index (κ2) is 20.4. The normalized spacial score (nSPS) is 16.8. The van der Waals surface area contributed by atoms with Gasteiger partial charge < -0.3 is 28.2 Å². The molecular formula is C46H69BrO7Si2. The molecule has 0 saturated carbocycles. The third-order valence-electron chi connectivity index (χ3n) is 11.3. The molecule has 0 spiro atoms. The fraction of sp³-hybridized carbons (Fsp3) is 0.543. The van der Waals surface area contributed by atoms with Crippen molar-refractivity contribution < 1.29 is 33.0 Å². The van der Waals surface area contributed by atoms with Crippen LogP contribution in [0.25, 0.3) is 0 Å². The van der Waals surface area contributed by atoms with Crippen molar-refractivity contribution in [2.45, 2.75) is 128 Å². The molecule has 0 saturated heterocycles. The van der Waals surface area contributed by atoms with Crippen molar-refractivity contribution in [3.8, 4) is 5.75 Å². The topological polar surface area (TPSA) is 83.5 Å². The van der Waals surface area contributed by atoms with Crippen LogP contribution in [0.5, 0.6) is 5.75 Å². The van der Waals surface area contributed by atoms with Crippen LogP contribution in [-0.4, -0.2) is 70.7 Å². The van der Waals surface area contributed by atoms with Gasteiger partial charge in [-0.15, -0.1) is 0 Å². The molecule has 10 heteroatoms. The van der Waals surface area contributed by atoms with E-state index >= 15 is 0 Å². The summed E-state index contributed by atoms with van der Waals surface area (Å²) in [7, 11) is -3.39. The second-order valence-electron chi connectivity index (χ2n) is 17.8. The first-order valence-electron chi connectivity index (χ1n) is 20.0. The number of esters is 1. The van der Waals surface area contributed by atoms with Gasteiger partial charge in [0.15, 0.2) is 8.32 Å².